The summed E-state index contributed by atoms with van der Waals surface area (Å²) in [7, 11) is 0. The van der Waals surface area contributed by atoms with Gasteiger partial charge in [0.15, 0.2) is 0 Å². The first-order chi connectivity index (χ1) is 12.2. The van der Waals surface area contributed by atoms with Crippen molar-refractivity contribution in [3.05, 3.63) is 36.0 Å². The number of nitrogens with zero attached hydrogens (tertiary/aromatic N) is 1. The third-order valence-electron chi connectivity index (χ3n) is 5.61. The molecular formula is C20H27N3O2. The molecule has 0 unspecified atom stereocenters. The Kier molecular flexibility index (Phi) is 4.77. The summed E-state index contributed by atoms with van der Waals surface area (Å²) in [6, 6.07) is 8.09. The summed E-state index contributed by atoms with van der Waals surface area (Å²) in [5.41, 5.74) is 1.73. The lowest BCUT2D eigenvalue weighted by Gasteiger charge is -2.38. The molecule has 0 radical (unpaired) electrons. The predicted molar refractivity (Wildman–Crippen MR) is 98.7 cm³/mol. The number of benzene rings is 1. The van der Waals surface area contributed by atoms with E-state index in [1.54, 1.807) is 0 Å². The van der Waals surface area contributed by atoms with Gasteiger partial charge in [-0.2, -0.15) is 0 Å². The second kappa shape index (κ2) is 7.18. The molecule has 5 nitrogen and oxygen atoms in total. The number of hydrogen-bond acceptors (Lipinski definition) is 3. The monoisotopic (exact) mass is 341 g/mol. The topological polar surface area (TPSA) is 57.4 Å². The fourth-order valence-electron chi connectivity index (χ4n) is 4.13. The molecule has 0 aliphatic carbocycles. The Hall–Kier alpha value is -1.85. The number of hydrogen-bond donors (Lipinski definition) is 2. The molecule has 3 heterocycles. The van der Waals surface area contributed by atoms with Gasteiger partial charge in [-0.15, -0.1) is 0 Å². The van der Waals surface area contributed by atoms with Crippen LogP contribution in [0.15, 0.2) is 30.5 Å². The summed E-state index contributed by atoms with van der Waals surface area (Å²) in [6.45, 7) is 6.25. The van der Waals surface area contributed by atoms with Crippen molar-refractivity contribution in [1.29, 1.82) is 0 Å². The number of rotatable bonds is 4. The number of H-pyrrole nitrogens is 1. The average molecular weight is 341 g/mol. The van der Waals surface area contributed by atoms with E-state index in [1.807, 2.05) is 30.5 Å². The Morgan fingerprint density at radius 3 is 3.08 bits per heavy atom. The Balaban J connectivity index is 1.33. The minimum absolute atomic E-state index is 0.0286. The van der Waals surface area contributed by atoms with Crippen molar-refractivity contribution < 1.29 is 9.53 Å². The van der Waals surface area contributed by atoms with E-state index in [-0.39, 0.29) is 11.9 Å². The number of carbonyl (C=O) groups is 1. The highest BCUT2D eigenvalue weighted by atomic mass is 16.5. The van der Waals surface area contributed by atoms with E-state index < -0.39 is 0 Å². The van der Waals surface area contributed by atoms with Crippen molar-refractivity contribution in [3.8, 4) is 0 Å². The van der Waals surface area contributed by atoms with Crippen LogP contribution in [0.3, 0.4) is 0 Å². The lowest BCUT2D eigenvalue weighted by atomic mass is 9.93. The Morgan fingerprint density at radius 1 is 1.36 bits per heavy atom. The van der Waals surface area contributed by atoms with Gasteiger partial charge in [0.25, 0.3) is 5.91 Å². The summed E-state index contributed by atoms with van der Waals surface area (Å²) < 4.78 is 5.75. The van der Waals surface area contributed by atoms with Gasteiger partial charge in [0, 0.05) is 49.6 Å². The maximum absolute atomic E-state index is 12.6. The third kappa shape index (κ3) is 3.72. The molecule has 1 amide bonds. The molecule has 4 rings (SSSR count). The lowest BCUT2D eigenvalue weighted by molar-refractivity contribution is 0.0498. The average Bonchev–Trinajstić information content (AvgIpc) is 3.27. The summed E-state index contributed by atoms with van der Waals surface area (Å²) in [6.07, 6.45) is 5.69. The van der Waals surface area contributed by atoms with E-state index in [1.165, 1.54) is 12.8 Å². The SMILES string of the molecule is C[C@@H]1CN(C[C@H]2CCCO2)CC[C@H]1NC(=O)c1ccc2cc[nH]c2c1. The van der Waals surface area contributed by atoms with Gasteiger partial charge >= 0.3 is 0 Å². The van der Waals surface area contributed by atoms with Crippen molar-refractivity contribution in [2.45, 2.75) is 38.3 Å². The van der Waals surface area contributed by atoms with Crippen LogP contribution in [0.5, 0.6) is 0 Å². The largest absolute Gasteiger partial charge is 0.377 e. The van der Waals surface area contributed by atoms with E-state index in [0.717, 1.165) is 49.1 Å². The van der Waals surface area contributed by atoms with Crippen LogP contribution in [0.2, 0.25) is 0 Å². The van der Waals surface area contributed by atoms with Gasteiger partial charge in [0.2, 0.25) is 0 Å². The second-order valence-corrected chi connectivity index (χ2v) is 7.52. The van der Waals surface area contributed by atoms with E-state index in [9.17, 15) is 4.79 Å². The second-order valence-electron chi connectivity index (χ2n) is 7.52. The zero-order chi connectivity index (χ0) is 17.2. The first-order valence-electron chi connectivity index (χ1n) is 9.41. The molecule has 2 saturated heterocycles. The molecule has 0 bridgehead atoms. The highest BCUT2D eigenvalue weighted by Gasteiger charge is 2.29. The lowest BCUT2D eigenvalue weighted by Crippen LogP contribution is -2.51. The summed E-state index contributed by atoms with van der Waals surface area (Å²) >= 11 is 0. The first-order valence-corrected chi connectivity index (χ1v) is 9.41. The van der Waals surface area contributed by atoms with Crippen molar-refractivity contribution in [2.75, 3.05) is 26.2 Å². The number of amides is 1. The van der Waals surface area contributed by atoms with E-state index in [4.69, 9.17) is 4.74 Å². The molecule has 3 atom stereocenters. The molecule has 2 aliphatic rings. The van der Waals surface area contributed by atoms with Crippen molar-refractivity contribution in [1.82, 2.24) is 15.2 Å². The number of aromatic amines is 1. The van der Waals surface area contributed by atoms with E-state index in [0.29, 0.717) is 12.0 Å². The highest BCUT2D eigenvalue weighted by Crippen LogP contribution is 2.21. The van der Waals surface area contributed by atoms with Gasteiger partial charge in [-0.3, -0.25) is 4.79 Å². The van der Waals surface area contributed by atoms with Crippen molar-refractivity contribution in [2.24, 2.45) is 5.92 Å². The zero-order valence-corrected chi connectivity index (χ0v) is 14.8. The van der Waals surface area contributed by atoms with Crippen molar-refractivity contribution in [3.63, 3.8) is 0 Å². The van der Waals surface area contributed by atoms with Gasteiger partial charge in [-0.1, -0.05) is 13.0 Å². The van der Waals surface area contributed by atoms with Crippen LogP contribution in [0.4, 0.5) is 0 Å². The van der Waals surface area contributed by atoms with Crippen molar-refractivity contribution >= 4 is 16.8 Å². The van der Waals surface area contributed by atoms with Crippen LogP contribution in [0, 0.1) is 5.92 Å². The summed E-state index contributed by atoms with van der Waals surface area (Å²) in [5, 5.41) is 4.38. The van der Waals surface area contributed by atoms with Crippen LogP contribution in [0.25, 0.3) is 10.9 Å². The fraction of sp³-hybridized carbons (Fsp3) is 0.550. The van der Waals surface area contributed by atoms with E-state index in [2.05, 4.69) is 22.1 Å². The molecule has 25 heavy (non-hydrogen) atoms. The van der Waals surface area contributed by atoms with E-state index >= 15 is 0 Å². The molecule has 0 spiro atoms. The standard InChI is InChI=1S/C20H27N3O2/c1-14-12-23(13-17-3-2-10-25-17)9-7-18(14)22-20(24)16-5-4-15-6-8-21-19(15)11-16/h4-6,8,11,14,17-18,21H,2-3,7,9-10,12-13H2,1H3,(H,22,24)/t14-,17-,18-/m1/s1. The number of nitrogens with one attached hydrogen (secondary N) is 2. The van der Waals surface area contributed by atoms with Gasteiger partial charge in [0.05, 0.1) is 6.10 Å². The first kappa shape index (κ1) is 16.6. The van der Waals surface area contributed by atoms with Crippen LogP contribution in [0.1, 0.15) is 36.5 Å². The number of carbonyl (C=O) groups excluding carboxylic acids is 1. The van der Waals surface area contributed by atoms with Crippen LogP contribution >= 0.6 is 0 Å². The third-order valence-corrected chi connectivity index (χ3v) is 5.61. The fourth-order valence-corrected chi connectivity index (χ4v) is 4.13. The zero-order valence-electron chi connectivity index (χ0n) is 14.8. The smallest absolute Gasteiger partial charge is 0.251 e. The maximum Gasteiger partial charge on any atom is 0.251 e. The molecule has 2 aromatic rings. The Labute approximate surface area is 148 Å². The predicted octanol–water partition coefficient (Wildman–Crippen LogP) is 2.79. The number of aromatic nitrogens is 1. The Morgan fingerprint density at radius 2 is 2.28 bits per heavy atom. The van der Waals surface area contributed by atoms with Gasteiger partial charge in [-0.05, 0) is 48.8 Å². The quantitative estimate of drug-likeness (QED) is 0.899. The minimum Gasteiger partial charge on any atom is -0.377 e. The number of ether oxygens (including phenoxy) is 1. The van der Waals surface area contributed by atoms with Crippen LogP contribution in [-0.2, 0) is 4.74 Å². The van der Waals surface area contributed by atoms with Crippen LogP contribution in [-0.4, -0.2) is 54.2 Å². The molecule has 1 aromatic carbocycles. The molecule has 2 aliphatic heterocycles. The number of likely N-dealkylation sites (tertiary alicyclic amines) is 1. The normalized spacial score (nSPS) is 27.6. The summed E-state index contributed by atoms with van der Waals surface area (Å²) in [4.78, 5) is 18.3. The molecule has 134 valence electrons. The summed E-state index contributed by atoms with van der Waals surface area (Å²) in [5.74, 6) is 0.481. The molecule has 1 aromatic heterocycles. The number of fused-ring (bicyclic) bond motifs is 1. The minimum atomic E-state index is 0.0286. The van der Waals surface area contributed by atoms with Crippen LogP contribution < -0.4 is 5.32 Å². The maximum atomic E-state index is 12.6. The highest BCUT2D eigenvalue weighted by molar-refractivity contribution is 5.98. The van der Waals surface area contributed by atoms with Gasteiger partial charge in [-0.25, -0.2) is 0 Å². The molecule has 2 fully saturated rings. The number of piperidine rings is 1. The van der Waals surface area contributed by atoms with Gasteiger partial charge in [0.1, 0.15) is 0 Å². The molecular weight excluding hydrogens is 314 g/mol. The molecule has 0 saturated carbocycles. The Bertz CT molecular complexity index is 735. The molecule has 5 heteroatoms. The molecule has 2 N–H and O–H groups in total. The van der Waals surface area contributed by atoms with Gasteiger partial charge < -0.3 is 19.9 Å².